The van der Waals surface area contributed by atoms with E-state index >= 15 is 0 Å². The Balaban J connectivity index is 1.34. The predicted octanol–water partition coefficient (Wildman–Crippen LogP) is 4.34. The minimum absolute atomic E-state index is 0.00240. The summed E-state index contributed by atoms with van der Waals surface area (Å²) < 4.78 is 17.3. The molecule has 222 valence electrons. The van der Waals surface area contributed by atoms with Gasteiger partial charge in [0.15, 0.2) is 11.5 Å². The molecule has 42 heavy (non-hydrogen) atoms. The van der Waals surface area contributed by atoms with E-state index in [9.17, 15) is 14.7 Å². The zero-order valence-electron chi connectivity index (χ0n) is 24.2. The van der Waals surface area contributed by atoms with Crippen molar-refractivity contribution in [3.63, 3.8) is 0 Å². The second kappa shape index (κ2) is 13.1. The lowest BCUT2D eigenvalue weighted by Gasteiger charge is -2.34. The summed E-state index contributed by atoms with van der Waals surface area (Å²) >= 11 is 0. The van der Waals surface area contributed by atoms with Gasteiger partial charge in [0, 0.05) is 48.6 Å². The van der Waals surface area contributed by atoms with Crippen LogP contribution in [0.25, 0.3) is 0 Å². The molecular weight excluding hydrogens is 536 g/mol. The lowest BCUT2D eigenvalue weighted by atomic mass is 10.0. The van der Waals surface area contributed by atoms with Crippen molar-refractivity contribution < 1.29 is 28.9 Å². The standard InChI is InChI=1S/C32H38N4O6/c1-21-16-36(22(2)19-37)31(38)14-24-13-25(33-32(39)34-26-10-12-28-29(15-26)41-20-40-28)9-11-27(24)42-30(21)18-35(3)17-23-7-5-4-6-8-23/h4-13,15,21-22,30,37H,14,16-20H2,1-3H3,(H2,33,34,39)/t21-,22-,30-/m0/s1. The molecule has 2 heterocycles. The number of anilines is 2. The summed E-state index contributed by atoms with van der Waals surface area (Å²) in [4.78, 5) is 30.2. The molecule has 2 aliphatic heterocycles. The first-order valence-corrected chi connectivity index (χ1v) is 14.2. The van der Waals surface area contributed by atoms with Crippen LogP contribution in [0.5, 0.6) is 17.2 Å². The number of hydrogen-bond acceptors (Lipinski definition) is 7. The van der Waals surface area contributed by atoms with Gasteiger partial charge in [0.1, 0.15) is 11.9 Å². The van der Waals surface area contributed by atoms with E-state index in [1.54, 1.807) is 41.3 Å². The lowest BCUT2D eigenvalue weighted by molar-refractivity contribution is -0.134. The van der Waals surface area contributed by atoms with E-state index in [-0.39, 0.29) is 43.8 Å². The van der Waals surface area contributed by atoms with Gasteiger partial charge in [-0.1, -0.05) is 37.3 Å². The fraction of sp³-hybridized carbons (Fsp3) is 0.375. The molecule has 10 nitrogen and oxygen atoms in total. The van der Waals surface area contributed by atoms with Crippen LogP contribution in [0.4, 0.5) is 16.2 Å². The molecule has 5 rings (SSSR count). The van der Waals surface area contributed by atoms with Crippen LogP contribution in [0, 0.1) is 5.92 Å². The minimum Gasteiger partial charge on any atom is -0.488 e. The molecule has 0 aliphatic carbocycles. The Labute approximate surface area is 246 Å². The quantitative estimate of drug-likeness (QED) is 0.367. The zero-order valence-corrected chi connectivity index (χ0v) is 24.2. The average Bonchev–Trinajstić information content (AvgIpc) is 3.45. The zero-order chi connectivity index (χ0) is 29.6. The monoisotopic (exact) mass is 574 g/mol. The Hall–Kier alpha value is -4.28. The number of aliphatic hydroxyl groups is 1. The van der Waals surface area contributed by atoms with Gasteiger partial charge in [-0.2, -0.15) is 0 Å². The second-order valence-electron chi connectivity index (χ2n) is 11.0. The second-order valence-corrected chi connectivity index (χ2v) is 11.0. The summed E-state index contributed by atoms with van der Waals surface area (Å²) in [5.41, 5.74) is 2.95. The van der Waals surface area contributed by atoms with Crippen LogP contribution in [0.2, 0.25) is 0 Å². The van der Waals surface area contributed by atoms with Crippen molar-refractivity contribution in [2.24, 2.45) is 5.92 Å². The molecule has 0 fully saturated rings. The van der Waals surface area contributed by atoms with Crippen LogP contribution in [0.15, 0.2) is 66.7 Å². The van der Waals surface area contributed by atoms with Gasteiger partial charge in [0.2, 0.25) is 12.7 Å². The van der Waals surface area contributed by atoms with Crippen molar-refractivity contribution in [1.29, 1.82) is 0 Å². The highest BCUT2D eigenvalue weighted by atomic mass is 16.7. The first kappa shape index (κ1) is 29.2. The molecule has 0 aromatic heterocycles. The summed E-state index contributed by atoms with van der Waals surface area (Å²) in [6, 6.07) is 20.0. The van der Waals surface area contributed by atoms with Crippen LogP contribution >= 0.6 is 0 Å². The van der Waals surface area contributed by atoms with E-state index < -0.39 is 6.03 Å². The molecule has 0 spiro atoms. The summed E-state index contributed by atoms with van der Waals surface area (Å²) in [5.74, 6) is 1.70. The maximum atomic E-state index is 13.5. The van der Waals surface area contributed by atoms with Crippen molar-refractivity contribution in [3.05, 3.63) is 77.9 Å². The number of carbonyl (C=O) groups excluding carboxylic acids is 2. The highest BCUT2D eigenvalue weighted by molar-refractivity contribution is 6.00. The number of rotatable bonds is 8. The molecular formula is C32H38N4O6. The third kappa shape index (κ3) is 7.13. The van der Waals surface area contributed by atoms with Gasteiger partial charge in [0.05, 0.1) is 19.1 Å². The Morgan fingerprint density at radius 1 is 1.02 bits per heavy atom. The van der Waals surface area contributed by atoms with Crippen LogP contribution in [-0.2, 0) is 17.8 Å². The maximum absolute atomic E-state index is 13.5. The predicted molar refractivity (Wildman–Crippen MR) is 160 cm³/mol. The Morgan fingerprint density at radius 2 is 1.71 bits per heavy atom. The number of aliphatic hydroxyl groups excluding tert-OH is 1. The molecule has 0 saturated carbocycles. The number of benzene rings is 3. The van der Waals surface area contributed by atoms with Gasteiger partial charge in [-0.25, -0.2) is 4.79 Å². The Morgan fingerprint density at radius 3 is 2.45 bits per heavy atom. The van der Waals surface area contributed by atoms with Crippen molar-refractivity contribution in [2.75, 3.05) is 44.2 Å². The summed E-state index contributed by atoms with van der Waals surface area (Å²) in [7, 11) is 2.06. The molecule has 0 radical (unpaired) electrons. The van der Waals surface area contributed by atoms with Crippen LogP contribution in [0.3, 0.4) is 0 Å². The molecule has 3 amide bonds. The largest absolute Gasteiger partial charge is 0.488 e. The minimum atomic E-state index is -0.436. The number of carbonyl (C=O) groups is 2. The number of fused-ring (bicyclic) bond motifs is 2. The Bertz CT molecular complexity index is 1400. The molecule has 0 bridgehead atoms. The molecule has 0 saturated heterocycles. The van der Waals surface area contributed by atoms with Gasteiger partial charge in [-0.15, -0.1) is 0 Å². The van der Waals surface area contributed by atoms with Crippen molar-refractivity contribution in [3.8, 4) is 17.2 Å². The molecule has 2 aliphatic rings. The van der Waals surface area contributed by atoms with Gasteiger partial charge >= 0.3 is 6.03 Å². The van der Waals surface area contributed by atoms with Gasteiger partial charge in [-0.3, -0.25) is 9.69 Å². The number of nitrogens with one attached hydrogen (secondary N) is 2. The van der Waals surface area contributed by atoms with Crippen LogP contribution < -0.4 is 24.8 Å². The number of hydrogen-bond donors (Lipinski definition) is 3. The smallest absolute Gasteiger partial charge is 0.323 e. The first-order chi connectivity index (χ1) is 20.3. The fourth-order valence-electron chi connectivity index (χ4n) is 5.26. The average molecular weight is 575 g/mol. The number of ether oxygens (including phenoxy) is 3. The third-order valence-corrected chi connectivity index (χ3v) is 7.59. The maximum Gasteiger partial charge on any atom is 0.323 e. The van der Waals surface area contributed by atoms with Gasteiger partial charge < -0.3 is 34.9 Å². The van der Waals surface area contributed by atoms with Crippen LogP contribution in [0.1, 0.15) is 25.0 Å². The van der Waals surface area contributed by atoms with E-state index in [1.807, 2.05) is 25.1 Å². The highest BCUT2D eigenvalue weighted by Gasteiger charge is 2.31. The van der Waals surface area contributed by atoms with Gasteiger partial charge in [0.25, 0.3) is 0 Å². The number of amides is 3. The van der Waals surface area contributed by atoms with E-state index in [4.69, 9.17) is 14.2 Å². The summed E-state index contributed by atoms with van der Waals surface area (Å²) in [5, 5.41) is 15.6. The molecule has 3 atom stereocenters. The molecule has 10 heteroatoms. The Kier molecular flexibility index (Phi) is 9.14. The van der Waals surface area contributed by atoms with Crippen LogP contribution in [-0.4, -0.2) is 72.5 Å². The summed E-state index contributed by atoms with van der Waals surface area (Å²) in [6.07, 6.45) is -0.136. The molecule has 3 aromatic rings. The number of likely N-dealkylation sites (N-methyl/N-ethyl adjacent to an activating group) is 1. The normalized spacial score (nSPS) is 18.8. The third-order valence-electron chi connectivity index (χ3n) is 7.59. The molecule has 3 N–H and O–H groups in total. The lowest BCUT2D eigenvalue weighted by Crippen LogP contribution is -2.47. The molecule has 3 aromatic carbocycles. The van der Waals surface area contributed by atoms with Crippen molar-refractivity contribution >= 4 is 23.3 Å². The SMILES string of the molecule is C[C@H]1CN([C@@H](C)CO)C(=O)Cc2cc(NC(=O)Nc3ccc4c(c3)OCO4)ccc2O[C@H]1CN(C)Cc1ccccc1. The fourth-order valence-corrected chi connectivity index (χ4v) is 5.26. The van der Waals surface area contributed by atoms with E-state index in [0.29, 0.717) is 47.3 Å². The highest BCUT2D eigenvalue weighted by Crippen LogP contribution is 2.34. The molecule has 0 unspecified atom stereocenters. The number of urea groups is 1. The van der Waals surface area contributed by atoms with Crippen molar-refractivity contribution in [2.45, 2.75) is 39.0 Å². The van der Waals surface area contributed by atoms with E-state index in [0.717, 1.165) is 6.54 Å². The van der Waals surface area contributed by atoms with Crippen molar-refractivity contribution in [1.82, 2.24) is 9.80 Å². The summed E-state index contributed by atoms with van der Waals surface area (Å²) in [6.45, 7) is 5.80. The number of nitrogens with zero attached hydrogens (tertiary/aromatic N) is 2. The van der Waals surface area contributed by atoms with E-state index in [1.165, 1.54) is 5.56 Å². The van der Waals surface area contributed by atoms with E-state index in [2.05, 4.69) is 41.6 Å². The van der Waals surface area contributed by atoms with Gasteiger partial charge in [-0.05, 0) is 49.9 Å². The topological polar surface area (TPSA) is 113 Å². The first-order valence-electron chi connectivity index (χ1n) is 14.2.